The molecule has 0 aromatic heterocycles. The van der Waals surface area contributed by atoms with Gasteiger partial charge in [-0.1, -0.05) is 6.92 Å². The van der Waals surface area contributed by atoms with Crippen LogP contribution in [0.3, 0.4) is 0 Å². The maximum absolute atomic E-state index is 11.7. The summed E-state index contributed by atoms with van der Waals surface area (Å²) in [4.78, 5) is 11.7. The molecule has 13 heavy (non-hydrogen) atoms. The van der Waals surface area contributed by atoms with E-state index in [4.69, 9.17) is 0 Å². The summed E-state index contributed by atoms with van der Waals surface area (Å²) in [5.74, 6) is 2.90. The van der Waals surface area contributed by atoms with Gasteiger partial charge in [-0.3, -0.25) is 4.79 Å². The number of ketones is 1. The average molecular weight is 178 g/mol. The van der Waals surface area contributed by atoms with Crippen molar-refractivity contribution in [2.45, 2.75) is 45.4 Å². The summed E-state index contributed by atoms with van der Waals surface area (Å²) >= 11 is 0. The summed E-state index contributed by atoms with van der Waals surface area (Å²) in [5, 5.41) is 0. The molecule has 3 fully saturated rings. The number of hydrogen-bond donors (Lipinski definition) is 0. The van der Waals surface area contributed by atoms with E-state index in [2.05, 4.69) is 6.92 Å². The van der Waals surface area contributed by atoms with Gasteiger partial charge in [0.1, 0.15) is 5.78 Å². The normalized spacial score (nSPS) is 53.9. The van der Waals surface area contributed by atoms with Gasteiger partial charge in [0, 0.05) is 12.3 Å². The molecule has 0 unspecified atom stereocenters. The van der Waals surface area contributed by atoms with Crippen LogP contribution in [0.4, 0.5) is 0 Å². The Labute approximate surface area is 79.9 Å². The zero-order chi connectivity index (χ0) is 9.05. The Hall–Kier alpha value is -0.330. The minimum atomic E-state index is 0.496. The Balaban J connectivity index is 1.95. The van der Waals surface area contributed by atoms with Gasteiger partial charge in [-0.2, -0.15) is 0 Å². The summed E-state index contributed by atoms with van der Waals surface area (Å²) in [6, 6.07) is 0. The highest BCUT2D eigenvalue weighted by Crippen LogP contribution is 2.65. The third kappa shape index (κ3) is 0.812. The van der Waals surface area contributed by atoms with Crippen molar-refractivity contribution >= 4 is 5.78 Å². The van der Waals surface area contributed by atoms with Crippen LogP contribution in [-0.2, 0) is 4.79 Å². The molecule has 3 aliphatic carbocycles. The second-order valence-electron chi connectivity index (χ2n) is 5.45. The van der Waals surface area contributed by atoms with Gasteiger partial charge in [-0.25, -0.2) is 0 Å². The highest BCUT2D eigenvalue weighted by Gasteiger charge is 2.60. The van der Waals surface area contributed by atoms with E-state index in [1.807, 2.05) is 0 Å². The molecule has 0 amide bonds. The third-order valence-electron chi connectivity index (χ3n) is 5.17. The molecule has 0 saturated heterocycles. The van der Waals surface area contributed by atoms with Crippen LogP contribution in [0.5, 0.6) is 0 Å². The molecular formula is C12H18O. The SMILES string of the molecule is C[C@@H]1CC[C@@]23CC[C@@H]2C(=O)CC[C@@H]13. The van der Waals surface area contributed by atoms with Gasteiger partial charge < -0.3 is 0 Å². The molecule has 0 aromatic carbocycles. The van der Waals surface area contributed by atoms with Gasteiger partial charge in [0.15, 0.2) is 0 Å². The van der Waals surface area contributed by atoms with Gasteiger partial charge in [0.25, 0.3) is 0 Å². The van der Waals surface area contributed by atoms with Crippen molar-refractivity contribution in [1.29, 1.82) is 0 Å². The van der Waals surface area contributed by atoms with Gasteiger partial charge >= 0.3 is 0 Å². The van der Waals surface area contributed by atoms with Gasteiger partial charge in [0.2, 0.25) is 0 Å². The number of hydrogen-bond acceptors (Lipinski definition) is 1. The Kier molecular flexibility index (Phi) is 1.46. The van der Waals surface area contributed by atoms with Crippen LogP contribution in [0.1, 0.15) is 45.4 Å². The van der Waals surface area contributed by atoms with E-state index in [1.54, 1.807) is 0 Å². The van der Waals surface area contributed by atoms with E-state index >= 15 is 0 Å². The summed E-state index contributed by atoms with van der Waals surface area (Å²) in [6.07, 6.45) is 7.40. The van der Waals surface area contributed by atoms with Crippen LogP contribution in [0.15, 0.2) is 0 Å². The molecule has 3 saturated carbocycles. The zero-order valence-electron chi connectivity index (χ0n) is 8.38. The molecule has 0 bridgehead atoms. The quantitative estimate of drug-likeness (QED) is 0.557. The first-order valence-electron chi connectivity index (χ1n) is 5.77. The van der Waals surface area contributed by atoms with Crippen molar-refractivity contribution in [3.05, 3.63) is 0 Å². The molecule has 3 rings (SSSR count). The zero-order valence-corrected chi connectivity index (χ0v) is 8.38. The van der Waals surface area contributed by atoms with Crippen molar-refractivity contribution < 1.29 is 4.79 Å². The summed E-state index contributed by atoms with van der Waals surface area (Å²) in [6.45, 7) is 2.39. The van der Waals surface area contributed by atoms with E-state index < -0.39 is 0 Å². The minimum absolute atomic E-state index is 0.496. The molecule has 72 valence electrons. The lowest BCUT2D eigenvalue weighted by atomic mass is 9.49. The minimum Gasteiger partial charge on any atom is -0.299 e. The van der Waals surface area contributed by atoms with E-state index in [1.165, 1.54) is 32.1 Å². The maximum Gasteiger partial charge on any atom is 0.136 e. The standard InChI is InChI=1S/C12H18O/c1-8-4-6-12-7-5-10(12)11(13)3-2-9(8)12/h8-10H,2-7H2,1H3/t8-,9+,10-,12+/m1/s1. The van der Waals surface area contributed by atoms with Crippen LogP contribution in [0.25, 0.3) is 0 Å². The van der Waals surface area contributed by atoms with Gasteiger partial charge in [-0.05, 0) is 49.4 Å². The second kappa shape index (κ2) is 2.37. The Bertz CT molecular complexity index is 258. The first-order valence-corrected chi connectivity index (χ1v) is 5.77. The van der Waals surface area contributed by atoms with Crippen LogP contribution in [0, 0.1) is 23.2 Å². The molecule has 1 spiro atoms. The molecule has 3 aliphatic rings. The van der Waals surface area contributed by atoms with Crippen molar-refractivity contribution in [1.82, 2.24) is 0 Å². The van der Waals surface area contributed by atoms with Gasteiger partial charge in [0.05, 0.1) is 0 Å². The lowest BCUT2D eigenvalue weighted by Crippen LogP contribution is -2.51. The highest BCUT2D eigenvalue weighted by molar-refractivity contribution is 5.84. The smallest absolute Gasteiger partial charge is 0.136 e. The van der Waals surface area contributed by atoms with Gasteiger partial charge in [-0.15, -0.1) is 0 Å². The molecule has 1 heteroatoms. The average Bonchev–Trinajstić information content (AvgIpc) is 2.38. The third-order valence-corrected chi connectivity index (χ3v) is 5.17. The maximum atomic E-state index is 11.7. The van der Waals surface area contributed by atoms with E-state index in [9.17, 15) is 4.79 Å². The number of Topliss-reactive ketones (excluding diaryl/α,β-unsaturated/α-hetero) is 1. The predicted octanol–water partition coefficient (Wildman–Crippen LogP) is 2.79. The van der Waals surface area contributed by atoms with Crippen LogP contribution in [-0.4, -0.2) is 5.78 Å². The van der Waals surface area contributed by atoms with Crippen LogP contribution >= 0.6 is 0 Å². The Morgan fingerprint density at radius 2 is 2.00 bits per heavy atom. The topological polar surface area (TPSA) is 17.1 Å². The molecular weight excluding hydrogens is 160 g/mol. The summed E-state index contributed by atoms with van der Waals surface area (Å²) in [7, 11) is 0. The fraction of sp³-hybridized carbons (Fsp3) is 0.917. The molecule has 0 aliphatic heterocycles. The highest BCUT2D eigenvalue weighted by atomic mass is 16.1. The van der Waals surface area contributed by atoms with Crippen molar-refractivity contribution in [3.63, 3.8) is 0 Å². The van der Waals surface area contributed by atoms with Crippen LogP contribution < -0.4 is 0 Å². The van der Waals surface area contributed by atoms with Crippen LogP contribution in [0.2, 0.25) is 0 Å². The van der Waals surface area contributed by atoms with Crippen molar-refractivity contribution in [2.24, 2.45) is 23.2 Å². The first-order chi connectivity index (χ1) is 6.24. The van der Waals surface area contributed by atoms with E-state index in [0.717, 1.165) is 18.3 Å². The van der Waals surface area contributed by atoms with Crippen molar-refractivity contribution in [3.8, 4) is 0 Å². The molecule has 0 aromatic rings. The van der Waals surface area contributed by atoms with E-state index in [0.29, 0.717) is 17.1 Å². The number of carbonyl (C=O) groups excluding carboxylic acids is 1. The number of rotatable bonds is 0. The molecule has 0 N–H and O–H groups in total. The lowest BCUT2D eigenvalue weighted by Gasteiger charge is -2.54. The fourth-order valence-electron chi connectivity index (χ4n) is 4.38. The Morgan fingerprint density at radius 1 is 1.23 bits per heavy atom. The Morgan fingerprint density at radius 3 is 2.69 bits per heavy atom. The first kappa shape index (κ1) is 8.02. The summed E-state index contributed by atoms with van der Waals surface area (Å²) < 4.78 is 0. The lowest BCUT2D eigenvalue weighted by molar-refractivity contribution is -0.145. The second-order valence-corrected chi connectivity index (χ2v) is 5.45. The molecule has 4 atom stereocenters. The fourth-order valence-corrected chi connectivity index (χ4v) is 4.38. The molecule has 0 heterocycles. The summed E-state index contributed by atoms with van der Waals surface area (Å²) in [5.41, 5.74) is 0.523. The largest absolute Gasteiger partial charge is 0.299 e. The molecule has 0 radical (unpaired) electrons. The monoisotopic (exact) mass is 178 g/mol. The van der Waals surface area contributed by atoms with Crippen molar-refractivity contribution in [2.75, 3.05) is 0 Å². The predicted molar refractivity (Wildman–Crippen MR) is 51.3 cm³/mol. The van der Waals surface area contributed by atoms with E-state index in [-0.39, 0.29) is 0 Å². The molecule has 1 nitrogen and oxygen atoms in total. The number of carbonyl (C=O) groups is 1.